The molecular formula is C15H14ClNO5S. The normalized spacial score (nSPS) is 17.0. The van der Waals surface area contributed by atoms with Gasteiger partial charge in [0.05, 0.1) is 17.9 Å². The van der Waals surface area contributed by atoms with E-state index in [0.29, 0.717) is 27.5 Å². The number of carbonyl (C=O) groups excluding carboxylic acids is 1. The van der Waals surface area contributed by atoms with Gasteiger partial charge in [-0.3, -0.25) is 13.5 Å². The molecule has 1 aromatic heterocycles. The summed E-state index contributed by atoms with van der Waals surface area (Å²) in [5, 5.41) is 4.13. The van der Waals surface area contributed by atoms with E-state index in [1.807, 2.05) is 0 Å². The molecule has 0 amide bonds. The van der Waals surface area contributed by atoms with Crippen LogP contribution in [-0.4, -0.2) is 19.7 Å². The number of hydrogen-bond donors (Lipinski definition) is 1. The Hall–Kier alpha value is -1.54. The van der Waals surface area contributed by atoms with E-state index in [9.17, 15) is 9.00 Å². The summed E-state index contributed by atoms with van der Waals surface area (Å²) in [6.07, 6.45) is 2.59. The summed E-state index contributed by atoms with van der Waals surface area (Å²) in [5.74, 6) is 0.569. The molecule has 1 N–H and O–H groups in total. The van der Waals surface area contributed by atoms with Crippen LogP contribution in [0.4, 0.5) is 0 Å². The molecule has 0 saturated heterocycles. The summed E-state index contributed by atoms with van der Waals surface area (Å²) in [4.78, 5) is 12.8. The first-order valence-corrected chi connectivity index (χ1v) is 8.45. The van der Waals surface area contributed by atoms with E-state index in [1.165, 1.54) is 6.20 Å². The molecule has 1 saturated carbocycles. The van der Waals surface area contributed by atoms with E-state index in [2.05, 4.69) is 5.16 Å². The van der Waals surface area contributed by atoms with E-state index >= 15 is 0 Å². The lowest BCUT2D eigenvalue weighted by atomic mass is 9.95. The van der Waals surface area contributed by atoms with E-state index in [1.54, 1.807) is 25.1 Å². The largest absolute Gasteiger partial charge is 0.360 e. The van der Waals surface area contributed by atoms with Gasteiger partial charge in [0.25, 0.3) is 0 Å². The van der Waals surface area contributed by atoms with Crippen molar-refractivity contribution in [1.82, 2.24) is 5.16 Å². The molecule has 0 radical (unpaired) electrons. The zero-order chi connectivity index (χ0) is 16.6. The second kappa shape index (κ2) is 6.52. The number of halogens is 1. The summed E-state index contributed by atoms with van der Waals surface area (Å²) < 4.78 is 29.8. The fourth-order valence-corrected chi connectivity index (χ4v) is 2.99. The molecule has 23 heavy (non-hydrogen) atoms. The molecule has 1 aliphatic carbocycles. The fraction of sp³-hybridized carbons (Fsp3) is 0.333. The lowest BCUT2D eigenvalue weighted by Crippen LogP contribution is -2.11. The van der Waals surface area contributed by atoms with Gasteiger partial charge >= 0.3 is 11.4 Å². The van der Waals surface area contributed by atoms with Gasteiger partial charge in [0.1, 0.15) is 0 Å². The van der Waals surface area contributed by atoms with Gasteiger partial charge in [-0.2, -0.15) is 4.21 Å². The number of ketones is 1. The van der Waals surface area contributed by atoms with Gasteiger partial charge in [-0.25, -0.2) is 0 Å². The SMILES string of the molecule is CC(OS(=O)O)c1cc(Cl)ccc1C(=O)c1cnoc1C1CC1. The van der Waals surface area contributed by atoms with Crippen molar-refractivity contribution in [2.45, 2.75) is 31.8 Å². The topological polar surface area (TPSA) is 89.6 Å². The Bertz CT molecular complexity index is 771. The molecule has 2 aromatic rings. The van der Waals surface area contributed by atoms with Crippen LogP contribution in [0.25, 0.3) is 0 Å². The molecule has 3 rings (SSSR count). The standard InChI is InChI=1S/C15H14ClNO5S/c1-8(22-23(19)20)12-6-10(16)4-5-11(12)14(18)13-7-17-21-15(13)9-2-3-9/h4-9H,2-3H2,1H3,(H,19,20). The highest BCUT2D eigenvalue weighted by atomic mass is 35.5. The molecule has 8 heteroatoms. The van der Waals surface area contributed by atoms with Gasteiger partial charge in [0.2, 0.25) is 0 Å². The van der Waals surface area contributed by atoms with E-state index in [4.69, 9.17) is 24.9 Å². The molecule has 1 fully saturated rings. The van der Waals surface area contributed by atoms with Crippen LogP contribution in [-0.2, 0) is 15.5 Å². The van der Waals surface area contributed by atoms with Crippen LogP contribution in [0.2, 0.25) is 5.02 Å². The average Bonchev–Trinajstić information content (AvgIpc) is 3.23. The number of aromatic nitrogens is 1. The smallest absolute Gasteiger partial charge is 0.302 e. The third-order valence-corrected chi connectivity index (χ3v) is 4.40. The Morgan fingerprint density at radius 2 is 2.22 bits per heavy atom. The highest BCUT2D eigenvalue weighted by Crippen LogP contribution is 2.42. The minimum absolute atomic E-state index is 0.241. The van der Waals surface area contributed by atoms with Crippen LogP contribution in [0.1, 0.15) is 59.0 Å². The second-order valence-corrected chi connectivity index (χ2v) is 6.46. The summed E-state index contributed by atoms with van der Waals surface area (Å²) in [6.45, 7) is 1.58. The number of benzene rings is 1. The fourth-order valence-electron chi connectivity index (χ4n) is 2.46. The molecule has 0 aliphatic heterocycles. The Balaban J connectivity index is 1.99. The third kappa shape index (κ3) is 3.53. The summed E-state index contributed by atoms with van der Waals surface area (Å²) in [5.41, 5.74) is 1.19. The number of carbonyl (C=O) groups is 1. The van der Waals surface area contributed by atoms with Crippen molar-refractivity contribution in [3.63, 3.8) is 0 Å². The molecule has 6 nitrogen and oxygen atoms in total. The predicted molar refractivity (Wildman–Crippen MR) is 83.6 cm³/mol. The quantitative estimate of drug-likeness (QED) is 0.628. The van der Waals surface area contributed by atoms with Gasteiger partial charge in [-0.1, -0.05) is 16.8 Å². The maximum absolute atomic E-state index is 12.8. The van der Waals surface area contributed by atoms with E-state index in [0.717, 1.165) is 12.8 Å². The van der Waals surface area contributed by atoms with E-state index < -0.39 is 17.5 Å². The van der Waals surface area contributed by atoms with Crippen molar-refractivity contribution < 1.29 is 22.3 Å². The lowest BCUT2D eigenvalue weighted by Gasteiger charge is -2.14. The van der Waals surface area contributed by atoms with Gasteiger partial charge in [-0.15, -0.1) is 0 Å². The summed E-state index contributed by atoms with van der Waals surface area (Å²) in [7, 11) is 0. The molecule has 1 aromatic carbocycles. The number of hydrogen-bond acceptors (Lipinski definition) is 5. The molecule has 122 valence electrons. The Morgan fingerprint density at radius 3 is 2.87 bits per heavy atom. The first kappa shape index (κ1) is 16.3. The van der Waals surface area contributed by atoms with Crippen LogP contribution >= 0.6 is 11.6 Å². The van der Waals surface area contributed by atoms with Crippen molar-refractivity contribution in [2.75, 3.05) is 0 Å². The average molecular weight is 356 g/mol. The monoisotopic (exact) mass is 355 g/mol. The minimum Gasteiger partial charge on any atom is -0.360 e. The molecular weight excluding hydrogens is 342 g/mol. The molecule has 0 bridgehead atoms. The van der Waals surface area contributed by atoms with Crippen molar-refractivity contribution >= 4 is 28.7 Å². The molecule has 2 atom stereocenters. The maximum atomic E-state index is 12.8. The molecule has 1 heterocycles. The molecule has 1 aliphatic rings. The van der Waals surface area contributed by atoms with Crippen LogP contribution in [0.15, 0.2) is 28.9 Å². The number of rotatable bonds is 6. The molecule has 0 spiro atoms. The van der Waals surface area contributed by atoms with Gasteiger partial charge < -0.3 is 4.52 Å². The number of nitrogens with zero attached hydrogens (tertiary/aromatic N) is 1. The second-order valence-electron chi connectivity index (χ2n) is 5.39. The van der Waals surface area contributed by atoms with Crippen molar-refractivity contribution in [3.8, 4) is 0 Å². The van der Waals surface area contributed by atoms with Crippen molar-refractivity contribution in [2.24, 2.45) is 0 Å². The summed E-state index contributed by atoms with van der Waals surface area (Å²) in [6, 6.07) is 4.71. The lowest BCUT2D eigenvalue weighted by molar-refractivity contribution is 0.103. The van der Waals surface area contributed by atoms with Gasteiger partial charge in [0.15, 0.2) is 11.5 Å². The van der Waals surface area contributed by atoms with E-state index in [-0.39, 0.29) is 11.7 Å². The van der Waals surface area contributed by atoms with Crippen molar-refractivity contribution in [3.05, 3.63) is 51.9 Å². The highest BCUT2D eigenvalue weighted by Gasteiger charge is 2.33. The highest BCUT2D eigenvalue weighted by molar-refractivity contribution is 7.74. The van der Waals surface area contributed by atoms with Gasteiger partial charge in [-0.05, 0) is 43.5 Å². The maximum Gasteiger partial charge on any atom is 0.302 e. The van der Waals surface area contributed by atoms with Crippen LogP contribution in [0, 0.1) is 0 Å². The van der Waals surface area contributed by atoms with Crippen LogP contribution in [0.3, 0.4) is 0 Å². The Morgan fingerprint density at radius 1 is 1.48 bits per heavy atom. The Kier molecular flexibility index (Phi) is 4.63. The third-order valence-electron chi connectivity index (χ3n) is 3.71. The van der Waals surface area contributed by atoms with Crippen LogP contribution < -0.4 is 0 Å². The minimum atomic E-state index is -2.45. The predicted octanol–water partition coefficient (Wildman–Crippen LogP) is 3.65. The zero-order valence-corrected chi connectivity index (χ0v) is 13.8. The van der Waals surface area contributed by atoms with Crippen LogP contribution in [0.5, 0.6) is 0 Å². The summed E-state index contributed by atoms with van der Waals surface area (Å²) >= 11 is 3.53. The van der Waals surface area contributed by atoms with Crippen molar-refractivity contribution in [1.29, 1.82) is 0 Å². The van der Waals surface area contributed by atoms with Gasteiger partial charge in [0, 0.05) is 16.5 Å². The Labute approximate surface area is 140 Å². The first-order valence-electron chi connectivity index (χ1n) is 7.04. The zero-order valence-electron chi connectivity index (χ0n) is 12.2. The first-order chi connectivity index (χ1) is 11.0. The molecule has 2 unspecified atom stereocenters.